The van der Waals surface area contributed by atoms with Crippen LogP contribution in [0.3, 0.4) is 0 Å². The molecule has 1 fully saturated rings. The van der Waals surface area contributed by atoms with Gasteiger partial charge in [0.2, 0.25) is 0 Å². The van der Waals surface area contributed by atoms with Crippen molar-refractivity contribution in [1.29, 1.82) is 0 Å². The van der Waals surface area contributed by atoms with E-state index in [2.05, 4.69) is 25.5 Å². The molecule has 0 unspecified atom stereocenters. The minimum Gasteiger partial charge on any atom is -0.491 e. The van der Waals surface area contributed by atoms with E-state index < -0.39 is 28.9 Å². The van der Waals surface area contributed by atoms with Crippen LogP contribution in [0.4, 0.5) is 30.4 Å². The van der Waals surface area contributed by atoms with E-state index in [9.17, 15) is 18.0 Å². The summed E-state index contributed by atoms with van der Waals surface area (Å²) in [6.07, 6.45) is 2.06. The molecule has 0 saturated carbocycles. The molecule has 5 rings (SSSR count). The summed E-state index contributed by atoms with van der Waals surface area (Å²) in [5, 5.41) is 6.12. The molecule has 12 heteroatoms. The third kappa shape index (κ3) is 6.44. The summed E-state index contributed by atoms with van der Waals surface area (Å²) >= 11 is 5.92. The fourth-order valence-electron chi connectivity index (χ4n) is 4.28. The summed E-state index contributed by atoms with van der Waals surface area (Å²) in [4.78, 5) is 23.8. The van der Waals surface area contributed by atoms with Crippen molar-refractivity contribution in [2.24, 2.45) is 0 Å². The van der Waals surface area contributed by atoms with Crippen LogP contribution in [0.5, 0.6) is 5.75 Å². The molecule has 1 aliphatic heterocycles. The van der Waals surface area contributed by atoms with E-state index in [0.29, 0.717) is 54.4 Å². The van der Waals surface area contributed by atoms with Gasteiger partial charge in [-0.2, -0.15) is 0 Å². The van der Waals surface area contributed by atoms with Crippen LogP contribution in [0.15, 0.2) is 54.9 Å². The molecule has 1 aliphatic rings. The van der Waals surface area contributed by atoms with E-state index in [1.54, 1.807) is 12.1 Å². The second-order valence-electron chi connectivity index (χ2n) is 9.05. The number of nitrogens with zero attached hydrogens (tertiary/aromatic N) is 3. The first-order chi connectivity index (χ1) is 19.4. The van der Waals surface area contributed by atoms with Crippen LogP contribution in [0.25, 0.3) is 10.9 Å². The van der Waals surface area contributed by atoms with Gasteiger partial charge in [0.1, 0.15) is 23.7 Å². The molecule has 40 heavy (non-hydrogen) atoms. The second-order valence-corrected chi connectivity index (χ2v) is 9.46. The fourth-order valence-corrected chi connectivity index (χ4v) is 4.46. The number of aromatic nitrogens is 2. The molecule has 1 saturated heterocycles. The van der Waals surface area contributed by atoms with Gasteiger partial charge in [-0.15, -0.1) is 0 Å². The molecule has 4 aromatic rings. The van der Waals surface area contributed by atoms with Crippen LogP contribution in [0.1, 0.15) is 16.8 Å². The van der Waals surface area contributed by atoms with Crippen molar-refractivity contribution in [2.75, 3.05) is 50.1 Å². The number of hydrogen-bond donors (Lipinski definition) is 2. The van der Waals surface area contributed by atoms with Crippen molar-refractivity contribution in [2.45, 2.75) is 6.42 Å². The summed E-state index contributed by atoms with van der Waals surface area (Å²) in [5.74, 6) is -3.17. The first-order valence-electron chi connectivity index (χ1n) is 12.6. The summed E-state index contributed by atoms with van der Waals surface area (Å²) in [7, 11) is 0. The molecule has 0 bridgehead atoms. The highest BCUT2D eigenvalue weighted by molar-refractivity contribution is 6.31. The lowest BCUT2D eigenvalue weighted by atomic mass is 10.1. The number of benzene rings is 3. The maximum absolute atomic E-state index is 14.4. The highest BCUT2D eigenvalue weighted by Gasteiger charge is 2.19. The molecule has 208 valence electrons. The highest BCUT2D eigenvalue weighted by atomic mass is 35.5. The van der Waals surface area contributed by atoms with E-state index in [4.69, 9.17) is 21.1 Å². The van der Waals surface area contributed by atoms with E-state index in [-0.39, 0.29) is 10.7 Å². The number of anilines is 3. The summed E-state index contributed by atoms with van der Waals surface area (Å²) < 4.78 is 53.2. The zero-order valence-corrected chi connectivity index (χ0v) is 22.0. The molecule has 8 nitrogen and oxygen atoms in total. The topological polar surface area (TPSA) is 88.6 Å². The van der Waals surface area contributed by atoms with Crippen molar-refractivity contribution in [1.82, 2.24) is 14.9 Å². The van der Waals surface area contributed by atoms with Crippen LogP contribution < -0.4 is 15.4 Å². The maximum atomic E-state index is 14.4. The zero-order chi connectivity index (χ0) is 28.1. The molecule has 0 atom stereocenters. The smallest absolute Gasteiger partial charge is 0.258 e. The van der Waals surface area contributed by atoms with Crippen molar-refractivity contribution in [3.63, 3.8) is 0 Å². The summed E-state index contributed by atoms with van der Waals surface area (Å²) in [6.45, 7) is 4.23. The van der Waals surface area contributed by atoms with Crippen LogP contribution in [-0.2, 0) is 4.74 Å². The lowest BCUT2D eigenvalue weighted by Gasteiger charge is -2.26. The predicted molar refractivity (Wildman–Crippen MR) is 146 cm³/mol. The Hall–Kier alpha value is -3.93. The van der Waals surface area contributed by atoms with Gasteiger partial charge in [0.25, 0.3) is 5.91 Å². The number of halogens is 4. The maximum Gasteiger partial charge on any atom is 0.258 e. The van der Waals surface area contributed by atoms with Gasteiger partial charge in [-0.25, -0.2) is 23.1 Å². The average Bonchev–Trinajstić information content (AvgIpc) is 2.95. The average molecular weight is 572 g/mol. The minimum atomic E-state index is -1.26. The molecular formula is C28H25ClF3N5O3. The van der Waals surface area contributed by atoms with Crippen LogP contribution in [0.2, 0.25) is 5.02 Å². The number of hydrogen-bond acceptors (Lipinski definition) is 7. The van der Waals surface area contributed by atoms with Gasteiger partial charge in [0, 0.05) is 36.8 Å². The third-order valence-electron chi connectivity index (χ3n) is 6.34. The molecule has 2 N–H and O–H groups in total. The van der Waals surface area contributed by atoms with Gasteiger partial charge >= 0.3 is 0 Å². The van der Waals surface area contributed by atoms with Gasteiger partial charge in [-0.3, -0.25) is 9.69 Å². The van der Waals surface area contributed by atoms with E-state index >= 15 is 0 Å². The Labute approximate surface area is 233 Å². The zero-order valence-electron chi connectivity index (χ0n) is 21.2. The van der Waals surface area contributed by atoms with Crippen LogP contribution in [0, 0.1) is 17.5 Å². The Morgan fingerprint density at radius 2 is 1.88 bits per heavy atom. The first kappa shape index (κ1) is 27.6. The fraction of sp³-hybridized carbons (Fsp3) is 0.250. The number of morpholine rings is 1. The molecular weight excluding hydrogens is 547 g/mol. The third-order valence-corrected chi connectivity index (χ3v) is 6.63. The number of fused-ring (bicyclic) bond motifs is 1. The van der Waals surface area contributed by atoms with Crippen molar-refractivity contribution < 1.29 is 27.4 Å². The Bertz CT molecular complexity index is 1540. The Morgan fingerprint density at radius 3 is 2.67 bits per heavy atom. The molecule has 0 spiro atoms. The van der Waals surface area contributed by atoms with Crippen molar-refractivity contribution >= 4 is 45.6 Å². The number of rotatable bonds is 9. The van der Waals surface area contributed by atoms with Gasteiger partial charge in [-0.1, -0.05) is 17.7 Å². The predicted octanol–water partition coefficient (Wildman–Crippen LogP) is 5.80. The van der Waals surface area contributed by atoms with Crippen molar-refractivity contribution in [3.05, 3.63) is 82.9 Å². The normalized spacial score (nSPS) is 13.8. The lowest BCUT2D eigenvalue weighted by molar-refractivity contribution is 0.0358. The van der Waals surface area contributed by atoms with E-state index in [1.807, 2.05) is 0 Å². The number of ether oxygens (including phenoxy) is 2. The van der Waals surface area contributed by atoms with E-state index in [0.717, 1.165) is 25.7 Å². The van der Waals surface area contributed by atoms with E-state index in [1.165, 1.54) is 36.7 Å². The molecule has 3 aromatic carbocycles. The summed E-state index contributed by atoms with van der Waals surface area (Å²) in [5.41, 5.74) is 0.718. The standard InChI is InChI=1S/C28H25ClF3N5O3/c29-20-13-17(5-6-21(20)30)35-27-19-14-24(36-28(38)18-3-1-4-22(31)26(18)32)25(15-23(19)33-16-34-27)40-10-2-7-37-8-11-39-12-9-37/h1,3-6,13-16H,2,7-12H2,(H,36,38)(H,33,34,35). The Kier molecular flexibility index (Phi) is 8.63. The van der Waals surface area contributed by atoms with Crippen molar-refractivity contribution in [3.8, 4) is 5.75 Å². The van der Waals surface area contributed by atoms with Crippen LogP contribution in [-0.4, -0.2) is 60.2 Å². The molecule has 0 aliphatic carbocycles. The van der Waals surface area contributed by atoms with Gasteiger partial charge in [-0.05, 0) is 42.8 Å². The number of amides is 1. The van der Waals surface area contributed by atoms with Gasteiger partial charge < -0.3 is 20.1 Å². The largest absolute Gasteiger partial charge is 0.491 e. The monoisotopic (exact) mass is 571 g/mol. The Morgan fingerprint density at radius 1 is 1.05 bits per heavy atom. The van der Waals surface area contributed by atoms with Gasteiger partial charge in [0.15, 0.2) is 11.6 Å². The number of nitrogens with one attached hydrogen (secondary N) is 2. The number of carbonyl (C=O) groups is 1. The highest BCUT2D eigenvalue weighted by Crippen LogP contribution is 2.34. The minimum absolute atomic E-state index is 0.0683. The molecule has 2 heterocycles. The lowest BCUT2D eigenvalue weighted by Crippen LogP contribution is -2.37. The molecule has 1 aromatic heterocycles. The SMILES string of the molecule is O=C(Nc1cc2c(Nc3ccc(F)c(Cl)c3)ncnc2cc1OCCCN1CCOCC1)c1cccc(F)c1F. The molecule has 0 radical (unpaired) electrons. The quantitative estimate of drug-likeness (QED) is 0.246. The second kappa shape index (κ2) is 12.5. The summed E-state index contributed by atoms with van der Waals surface area (Å²) in [6, 6.07) is 10.7. The number of carbonyl (C=O) groups excluding carboxylic acids is 1. The Balaban J connectivity index is 1.44. The molecule has 1 amide bonds. The first-order valence-corrected chi connectivity index (χ1v) is 13.0. The van der Waals surface area contributed by atoms with Gasteiger partial charge in [0.05, 0.1) is 41.6 Å². The van der Waals surface area contributed by atoms with Crippen LogP contribution >= 0.6 is 11.6 Å².